The fourth-order valence-corrected chi connectivity index (χ4v) is 3.73. The smallest absolute Gasteiger partial charge is 0.0463 e. The summed E-state index contributed by atoms with van der Waals surface area (Å²) in [5.74, 6) is 0. The molecule has 27 heavy (non-hydrogen) atoms. The van der Waals surface area contributed by atoms with Gasteiger partial charge in [-0.2, -0.15) is 0 Å². The molecule has 0 spiro atoms. The molecule has 0 aliphatic rings. The molecule has 0 atom stereocenters. The van der Waals surface area contributed by atoms with E-state index >= 15 is 0 Å². The van der Waals surface area contributed by atoms with Crippen molar-refractivity contribution in [2.45, 2.75) is 0 Å². The Morgan fingerprint density at radius 1 is 0.481 bits per heavy atom. The molecular formula is C26H19N. The zero-order valence-corrected chi connectivity index (χ0v) is 14.9. The summed E-state index contributed by atoms with van der Waals surface area (Å²) in [6.45, 7) is 0. The van der Waals surface area contributed by atoms with Crippen LogP contribution in [0.4, 0.5) is 11.4 Å². The van der Waals surface area contributed by atoms with E-state index in [1.807, 2.05) is 0 Å². The summed E-state index contributed by atoms with van der Waals surface area (Å²) < 4.78 is 0. The lowest BCUT2D eigenvalue weighted by Gasteiger charge is -2.12. The molecular weight excluding hydrogens is 326 g/mol. The molecule has 0 aliphatic heterocycles. The number of hydrogen-bond acceptors (Lipinski definition) is 1. The first-order valence-corrected chi connectivity index (χ1v) is 9.21. The molecule has 5 rings (SSSR count). The van der Waals surface area contributed by atoms with Crippen LogP contribution in [0.25, 0.3) is 32.7 Å². The standard InChI is InChI=1S/C26H19N/c1-3-14-23-19(8-1)10-6-16-24(23)21-12-5-13-22(18-21)27-26-17-7-11-20-9-2-4-15-25(20)26/h1-18,27H. The van der Waals surface area contributed by atoms with Crippen LogP contribution in [-0.4, -0.2) is 0 Å². The second-order valence-electron chi connectivity index (χ2n) is 6.76. The van der Waals surface area contributed by atoms with Crippen LogP contribution in [0.15, 0.2) is 109 Å². The van der Waals surface area contributed by atoms with E-state index in [4.69, 9.17) is 0 Å². The molecule has 0 radical (unpaired) electrons. The maximum atomic E-state index is 3.61. The highest BCUT2D eigenvalue weighted by Crippen LogP contribution is 2.32. The Morgan fingerprint density at radius 2 is 1.11 bits per heavy atom. The van der Waals surface area contributed by atoms with E-state index in [2.05, 4.69) is 115 Å². The van der Waals surface area contributed by atoms with Crippen LogP contribution in [0.2, 0.25) is 0 Å². The van der Waals surface area contributed by atoms with Gasteiger partial charge in [0.1, 0.15) is 0 Å². The van der Waals surface area contributed by atoms with Crippen molar-refractivity contribution in [2.24, 2.45) is 0 Å². The second-order valence-corrected chi connectivity index (χ2v) is 6.76. The van der Waals surface area contributed by atoms with Crippen LogP contribution >= 0.6 is 0 Å². The van der Waals surface area contributed by atoms with E-state index in [0.29, 0.717) is 0 Å². The molecule has 1 nitrogen and oxygen atoms in total. The molecule has 0 unspecified atom stereocenters. The Hall–Kier alpha value is -3.58. The second kappa shape index (κ2) is 6.62. The van der Waals surface area contributed by atoms with Crippen LogP contribution in [0.5, 0.6) is 0 Å². The van der Waals surface area contributed by atoms with Crippen LogP contribution in [0, 0.1) is 0 Å². The van der Waals surface area contributed by atoms with Gasteiger partial charge in [0.15, 0.2) is 0 Å². The number of nitrogens with one attached hydrogen (secondary N) is 1. The van der Waals surface area contributed by atoms with E-state index < -0.39 is 0 Å². The molecule has 5 aromatic rings. The third-order valence-electron chi connectivity index (χ3n) is 5.03. The van der Waals surface area contributed by atoms with Gasteiger partial charge in [0.2, 0.25) is 0 Å². The first-order chi connectivity index (χ1) is 13.4. The maximum absolute atomic E-state index is 3.61. The number of rotatable bonds is 3. The topological polar surface area (TPSA) is 12.0 Å². The van der Waals surface area contributed by atoms with Crippen LogP contribution < -0.4 is 5.32 Å². The van der Waals surface area contributed by atoms with E-state index in [1.54, 1.807) is 0 Å². The van der Waals surface area contributed by atoms with E-state index in [0.717, 1.165) is 11.4 Å². The lowest BCUT2D eigenvalue weighted by atomic mass is 9.98. The predicted octanol–water partition coefficient (Wildman–Crippen LogP) is 7.40. The Morgan fingerprint density at radius 3 is 1.96 bits per heavy atom. The van der Waals surface area contributed by atoms with Gasteiger partial charge in [0.05, 0.1) is 0 Å². The summed E-state index contributed by atoms with van der Waals surface area (Å²) >= 11 is 0. The number of anilines is 2. The summed E-state index contributed by atoms with van der Waals surface area (Å²) in [7, 11) is 0. The molecule has 0 amide bonds. The van der Waals surface area contributed by atoms with Gasteiger partial charge in [-0.25, -0.2) is 0 Å². The fraction of sp³-hybridized carbons (Fsp3) is 0. The quantitative estimate of drug-likeness (QED) is 0.359. The molecule has 0 bridgehead atoms. The molecule has 0 fully saturated rings. The molecule has 5 aromatic carbocycles. The molecule has 0 aliphatic carbocycles. The Balaban J connectivity index is 1.58. The average molecular weight is 345 g/mol. The highest BCUT2D eigenvalue weighted by atomic mass is 14.9. The molecule has 0 aromatic heterocycles. The minimum absolute atomic E-state index is 1.09. The molecule has 1 heteroatoms. The van der Waals surface area contributed by atoms with Gasteiger partial charge in [-0.1, -0.05) is 91.0 Å². The van der Waals surface area contributed by atoms with Crippen molar-refractivity contribution in [1.82, 2.24) is 0 Å². The highest BCUT2D eigenvalue weighted by molar-refractivity contribution is 5.98. The predicted molar refractivity (Wildman–Crippen MR) is 117 cm³/mol. The summed E-state index contributed by atoms with van der Waals surface area (Å²) in [4.78, 5) is 0. The Labute approximate surface area is 158 Å². The van der Waals surface area contributed by atoms with E-state index in [9.17, 15) is 0 Å². The average Bonchev–Trinajstić information content (AvgIpc) is 2.74. The molecule has 0 heterocycles. The normalized spacial score (nSPS) is 11.0. The molecule has 128 valence electrons. The summed E-state index contributed by atoms with van der Waals surface area (Å²) in [5.41, 5.74) is 4.70. The fourth-order valence-electron chi connectivity index (χ4n) is 3.73. The van der Waals surface area contributed by atoms with Crippen molar-refractivity contribution >= 4 is 32.9 Å². The van der Waals surface area contributed by atoms with Crippen LogP contribution in [0.1, 0.15) is 0 Å². The zero-order valence-electron chi connectivity index (χ0n) is 14.9. The van der Waals surface area contributed by atoms with Crippen LogP contribution in [0.3, 0.4) is 0 Å². The SMILES string of the molecule is c1cc(Nc2cccc3ccccc23)cc(-c2cccc3ccccc23)c1. The Bertz CT molecular complexity index is 1240. The summed E-state index contributed by atoms with van der Waals surface area (Å²) in [5, 5.41) is 8.63. The summed E-state index contributed by atoms with van der Waals surface area (Å²) in [6.07, 6.45) is 0. The van der Waals surface area contributed by atoms with Gasteiger partial charge in [-0.15, -0.1) is 0 Å². The zero-order chi connectivity index (χ0) is 18.1. The van der Waals surface area contributed by atoms with Gasteiger partial charge in [-0.05, 0) is 45.5 Å². The summed E-state index contributed by atoms with van der Waals surface area (Å²) in [6, 6.07) is 38.5. The van der Waals surface area contributed by atoms with E-state index in [1.165, 1.54) is 32.7 Å². The van der Waals surface area contributed by atoms with Gasteiger partial charge >= 0.3 is 0 Å². The van der Waals surface area contributed by atoms with Gasteiger partial charge in [0.25, 0.3) is 0 Å². The van der Waals surface area contributed by atoms with Crippen molar-refractivity contribution in [2.75, 3.05) is 5.32 Å². The van der Waals surface area contributed by atoms with Crippen molar-refractivity contribution in [3.8, 4) is 11.1 Å². The number of fused-ring (bicyclic) bond motifs is 2. The third-order valence-corrected chi connectivity index (χ3v) is 5.03. The van der Waals surface area contributed by atoms with Crippen molar-refractivity contribution in [3.63, 3.8) is 0 Å². The van der Waals surface area contributed by atoms with Gasteiger partial charge < -0.3 is 5.32 Å². The number of hydrogen-bond donors (Lipinski definition) is 1. The van der Waals surface area contributed by atoms with Crippen molar-refractivity contribution in [3.05, 3.63) is 109 Å². The van der Waals surface area contributed by atoms with E-state index in [-0.39, 0.29) is 0 Å². The highest BCUT2D eigenvalue weighted by Gasteiger charge is 2.05. The third kappa shape index (κ3) is 2.94. The monoisotopic (exact) mass is 345 g/mol. The van der Waals surface area contributed by atoms with Crippen LogP contribution in [-0.2, 0) is 0 Å². The minimum atomic E-state index is 1.09. The lowest BCUT2D eigenvalue weighted by Crippen LogP contribution is -1.92. The molecule has 0 saturated heterocycles. The van der Waals surface area contributed by atoms with Gasteiger partial charge in [0, 0.05) is 16.8 Å². The van der Waals surface area contributed by atoms with Crippen molar-refractivity contribution < 1.29 is 0 Å². The lowest BCUT2D eigenvalue weighted by molar-refractivity contribution is 1.57. The van der Waals surface area contributed by atoms with Gasteiger partial charge in [-0.3, -0.25) is 0 Å². The Kier molecular flexibility index (Phi) is 3.84. The molecule has 0 saturated carbocycles. The first kappa shape index (κ1) is 15.7. The number of benzene rings is 5. The largest absolute Gasteiger partial charge is 0.355 e. The minimum Gasteiger partial charge on any atom is -0.355 e. The first-order valence-electron chi connectivity index (χ1n) is 9.21. The van der Waals surface area contributed by atoms with Crippen molar-refractivity contribution in [1.29, 1.82) is 0 Å². The maximum Gasteiger partial charge on any atom is 0.0463 e. The molecule has 1 N–H and O–H groups in total.